The number of nitrogens with two attached hydrogens (primary N) is 1. The molecular weight excluding hydrogens is 330 g/mol. The Morgan fingerprint density at radius 2 is 1.77 bits per heavy atom. The molecule has 1 unspecified atom stereocenters. The molecule has 0 spiro atoms. The lowest BCUT2D eigenvalue weighted by atomic mass is 9.99. The predicted octanol–water partition coefficient (Wildman–Crippen LogP) is 2.57. The highest BCUT2D eigenvalue weighted by Gasteiger charge is 2.20. The third kappa shape index (κ3) is 4.26. The van der Waals surface area contributed by atoms with Crippen LogP contribution in [0.4, 0.5) is 8.78 Å². The van der Waals surface area contributed by atoms with Gasteiger partial charge >= 0.3 is 0 Å². The van der Waals surface area contributed by atoms with E-state index in [2.05, 4.69) is 4.72 Å². The molecule has 118 valence electrons. The number of halogens is 2. The molecule has 0 aliphatic heterocycles. The van der Waals surface area contributed by atoms with Gasteiger partial charge < -0.3 is 0 Å². The lowest BCUT2D eigenvalue weighted by Crippen LogP contribution is -2.35. The molecule has 0 saturated carbocycles. The van der Waals surface area contributed by atoms with Crippen LogP contribution >= 0.6 is 11.8 Å². The molecule has 2 aromatic carbocycles. The minimum absolute atomic E-state index is 0.256. The Kier molecular flexibility index (Phi) is 5.17. The van der Waals surface area contributed by atoms with Gasteiger partial charge in [-0.15, -0.1) is 11.8 Å². The Hall–Kier alpha value is -1.48. The SMILES string of the molecule is CSc1cccc(C(NS(N)(=O)=O)c2ccc(F)c(F)c2)c1. The quantitative estimate of drug-likeness (QED) is 0.819. The van der Waals surface area contributed by atoms with Crippen molar-refractivity contribution in [2.24, 2.45) is 5.14 Å². The van der Waals surface area contributed by atoms with Gasteiger partial charge in [0.2, 0.25) is 0 Å². The second-order valence-electron chi connectivity index (χ2n) is 4.55. The smallest absolute Gasteiger partial charge is 0.216 e. The van der Waals surface area contributed by atoms with E-state index in [1.54, 1.807) is 18.2 Å². The molecule has 2 aromatic rings. The van der Waals surface area contributed by atoms with Crippen LogP contribution < -0.4 is 9.86 Å². The molecule has 8 heteroatoms. The van der Waals surface area contributed by atoms with Crippen molar-refractivity contribution in [2.75, 3.05) is 6.26 Å². The summed E-state index contributed by atoms with van der Waals surface area (Å²) < 4.78 is 51.5. The van der Waals surface area contributed by atoms with E-state index in [0.717, 1.165) is 17.0 Å². The number of rotatable bonds is 5. The van der Waals surface area contributed by atoms with Crippen LogP contribution in [0.15, 0.2) is 47.4 Å². The second kappa shape index (κ2) is 6.74. The van der Waals surface area contributed by atoms with Crippen molar-refractivity contribution in [1.29, 1.82) is 0 Å². The van der Waals surface area contributed by atoms with Crippen LogP contribution in [0, 0.1) is 11.6 Å². The molecule has 2 rings (SSSR count). The first-order valence-electron chi connectivity index (χ1n) is 6.19. The van der Waals surface area contributed by atoms with Gasteiger partial charge in [0.1, 0.15) is 0 Å². The fourth-order valence-electron chi connectivity index (χ4n) is 2.01. The zero-order valence-corrected chi connectivity index (χ0v) is 13.2. The first kappa shape index (κ1) is 16.9. The van der Waals surface area contributed by atoms with E-state index < -0.39 is 27.9 Å². The monoisotopic (exact) mass is 344 g/mol. The molecular formula is C14H14F2N2O2S2. The molecule has 0 saturated heterocycles. The lowest BCUT2D eigenvalue weighted by Gasteiger charge is -2.19. The number of hydrogen-bond donors (Lipinski definition) is 2. The highest BCUT2D eigenvalue weighted by atomic mass is 32.2. The second-order valence-corrected chi connectivity index (χ2v) is 6.75. The maximum Gasteiger partial charge on any atom is 0.275 e. The molecule has 0 heterocycles. The molecule has 0 aromatic heterocycles. The standard InChI is InChI=1S/C14H14F2N2O2S2/c1-21-11-4-2-3-9(7-11)14(18-22(17,19)20)10-5-6-12(15)13(16)8-10/h2-8,14,18H,1H3,(H2,17,19,20). The van der Waals surface area contributed by atoms with Crippen LogP contribution in [0.5, 0.6) is 0 Å². The minimum Gasteiger partial charge on any atom is -0.216 e. The normalized spacial score (nSPS) is 13.1. The number of nitrogens with one attached hydrogen (secondary N) is 1. The Bertz CT molecular complexity index is 782. The van der Waals surface area contributed by atoms with Gasteiger partial charge in [-0.25, -0.2) is 13.9 Å². The largest absolute Gasteiger partial charge is 0.275 e. The molecule has 1 atom stereocenters. The van der Waals surface area contributed by atoms with Crippen molar-refractivity contribution in [1.82, 2.24) is 4.72 Å². The van der Waals surface area contributed by atoms with E-state index >= 15 is 0 Å². The summed E-state index contributed by atoms with van der Waals surface area (Å²) in [4.78, 5) is 0.904. The molecule has 0 bridgehead atoms. The highest BCUT2D eigenvalue weighted by molar-refractivity contribution is 7.98. The summed E-state index contributed by atoms with van der Waals surface area (Å²) in [6.07, 6.45) is 1.87. The highest BCUT2D eigenvalue weighted by Crippen LogP contribution is 2.27. The molecule has 0 fully saturated rings. The zero-order valence-electron chi connectivity index (χ0n) is 11.6. The fraction of sp³-hybridized carbons (Fsp3) is 0.143. The Balaban J connectivity index is 2.52. The van der Waals surface area contributed by atoms with Crippen molar-refractivity contribution in [2.45, 2.75) is 10.9 Å². The average Bonchev–Trinajstić information content (AvgIpc) is 2.47. The van der Waals surface area contributed by atoms with Gasteiger partial charge in [0.15, 0.2) is 11.6 Å². The van der Waals surface area contributed by atoms with Gasteiger partial charge in [0.05, 0.1) is 6.04 Å². The topological polar surface area (TPSA) is 72.2 Å². The van der Waals surface area contributed by atoms with Gasteiger partial charge in [-0.1, -0.05) is 18.2 Å². The van der Waals surface area contributed by atoms with Crippen LogP contribution in [0.2, 0.25) is 0 Å². The summed E-state index contributed by atoms with van der Waals surface area (Å²) in [7, 11) is -4.04. The molecule has 0 amide bonds. The van der Waals surface area contributed by atoms with Crippen LogP contribution in [0.1, 0.15) is 17.2 Å². The number of benzene rings is 2. The van der Waals surface area contributed by atoms with Crippen molar-refractivity contribution < 1.29 is 17.2 Å². The average molecular weight is 344 g/mol. The first-order valence-corrected chi connectivity index (χ1v) is 8.96. The summed E-state index contributed by atoms with van der Waals surface area (Å²) in [6.45, 7) is 0. The molecule has 3 N–H and O–H groups in total. The van der Waals surface area contributed by atoms with Crippen molar-refractivity contribution in [3.8, 4) is 0 Å². The summed E-state index contributed by atoms with van der Waals surface area (Å²) in [5, 5.41) is 5.04. The summed E-state index contributed by atoms with van der Waals surface area (Å²) in [6, 6.07) is 9.35. The van der Waals surface area contributed by atoms with Gasteiger partial charge in [-0.3, -0.25) is 0 Å². The number of hydrogen-bond acceptors (Lipinski definition) is 3. The maximum absolute atomic E-state index is 13.4. The van der Waals surface area contributed by atoms with E-state index in [1.807, 2.05) is 12.3 Å². The van der Waals surface area contributed by atoms with Crippen molar-refractivity contribution in [3.63, 3.8) is 0 Å². The lowest BCUT2D eigenvalue weighted by molar-refractivity contribution is 0.505. The maximum atomic E-state index is 13.4. The molecule has 0 radical (unpaired) electrons. The Labute approximate surface area is 131 Å². The summed E-state index contributed by atoms with van der Waals surface area (Å²) in [5.41, 5.74) is 0.832. The summed E-state index contributed by atoms with van der Waals surface area (Å²) >= 11 is 1.48. The molecule has 4 nitrogen and oxygen atoms in total. The van der Waals surface area contributed by atoms with E-state index in [0.29, 0.717) is 5.56 Å². The Morgan fingerprint density at radius 1 is 1.09 bits per heavy atom. The molecule has 0 aliphatic carbocycles. The summed E-state index contributed by atoms with van der Waals surface area (Å²) in [5.74, 6) is -2.06. The van der Waals surface area contributed by atoms with Crippen molar-refractivity contribution in [3.05, 3.63) is 65.2 Å². The van der Waals surface area contributed by atoms with Crippen LogP contribution in [-0.2, 0) is 10.2 Å². The molecule has 22 heavy (non-hydrogen) atoms. The third-order valence-corrected chi connectivity index (χ3v) is 4.28. The molecule has 0 aliphatic rings. The fourth-order valence-corrected chi connectivity index (χ4v) is 3.08. The third-order valence-electron chi connectivity index (χ3n) is 2.99. The zero-order chi connectivity index (χ0) is 16.3. The van der Waals surface area contributed by atoms with Gasteiger partial charge in [0.25, 0.3) is 10.2 Å². The van der Waals surface area contributed by atoms with Crippen LogP contribution in [-0.4, -0.2) is 14.7 Å². The predicted molar refractivity (Wildman–Crippen MR) is 82.7 cm³/mol. The van der Waals surface area contributed by atoms with Gasteiger partial charge in [0, 0.05) is 4.90 Å². The van der Waals surface area contributed by atoms with Gasteiger partial charge in [-0.2, -0.15) is 13.1 Å². The van der Waals surface area contributed by atoms with E-state index in [1.165, 1.54) is 17.8 Å². The van der Waals surface area contributed by atoms with E-state index in [4.69, 9.17) is 5.14 Å². The van der Waals surface area contributed by atoms with E-state index in [9.17, 15) is 17.2 Å². The van der Waals surface area contributed by atoms with Crippen LogP contribution in [0.3, 0.4) is 0 Å². The first-order chi connectivity index (χ1) is 10.3. The van der Waals surface area contributed by atoms with E-state index in [-0.39, 0.29) is 5.56 Å². The van der Waals surface area contributed by atoms with Crippen molar-refractivity contribution >= 4 is 22.0 Å². The van der Waals surface area contributed by atoms with Crippen LogP contribution in [0.25, 0.3) is 0 Å². The minimum atomic E-state index is -4.04. The van der Waals surface area contributed by atoms with Gasteiger partial charge in [-0.05, 0) is 41.6 Å². The number of thioether (sulfide) groups is 1. The Morgan fingerprint density at radius 3 is 2.36 bits per heavy atom.